The lowest BCUT2D eigenvalue weighted by Crippen LogP contribution is -2.29. The Hall–Kier alpha value is -4.42. The van der Waals surface area contributed by atoms with Crippen molar-refractivity contribution in [3.63, 3.8) is 0 Å². The molecule has 4 rings (SSSR count). The first-order valence-corrected chi connectivity index (χ1v) is 11.7. The van der Waals surface area contributed by atoms with E-state index in [1.165, 1.54) is 24.3 Å². The number of nitro groups is 1. The number of sulfonamides is 1. The minimum Gasteiger partial charge on any atom is -0.382 e. The highest BCUT2D eigenvalue weighted by atomic mass is 32.2. The van der Waals surface area contributed by atoms with Crippen molar-refractivity contribution in [2.24, 2.45) is 5.10 Å². The molecular weight excluding hydrogens is 474 g/mol. The molecule has 0 spiro atoms. The molecule has 0 aliphatic rings. The molecule has 1 heterocycles. The maximum atomic E-state index is 12.9. The third-order valence-corrected chi connectivity index (χ3v) is 6.35. The van der Waals surface area contributed by atoms with Gasteiger partial charge in [-0.1, -0.05) is 48.0 Å². The maximum absolute atomic E-state index is 12.9. The van der Waals surface area contributed by atoms with Crippen LogP contribution in [0.4, 0.5) is 5.69 Å². The van der Waals surface area contributed by atoms with Crippen molar-refractivity contribution >= 4 is 32.5 Å². The Morgan fingerprint density at radius 3 is 2.46 bits per heavy atom. The highest BCUT2D eigenvalue weighted by Gasteiger charge is 2.24. The highest BCUT2D eigenvalue weighted by molar-refractivity contribution is 7.89. The lowest BCUT2D eigenvalue weighted by molar-refractivity contribution is -0.384. The molecule has 0 aliphatic carbocycles. The van der Waals surface area contributed by atoms with Gasteiger partial charge in [-0.2, -0.15) is 18.4 Å². The zero-order chi connectivity index (χ0) is 25.2. The van der Waals surface area contributed by atoms with Crippen molar-refractivity contribution in [1.29, 1.82) is 0 Å². The average molecular weight is 494 g/mol. The van der Waals surface area contributed by atoms with Gasteiger partial charge in [-0.05, 0) is 30.7 Å². The fourth-order valence-electron chi connectivity index (χ4n) is 3.28. The standard InChI is InChI=1S/C23H19N5O6S/c1-14-7-10-17(11-8-14)35(33,34)27-26-20(22(29)15-5-3-2-4-6-15)21-23(30)25-19-13-16(28(31)32)9-12-18(19)24-21/h2-13,22,27,29H,1H3,(H,25,30)/b26-20+/t22-/m1/s1. The Kier molecular flexibility index (Phi) is 6.40. The zero-order valence-electron chi connectivity index (χ0n) is 18.2. The quantitative estimate of drug-likeness (QED) is 0.202. The number of hydrogen-bond donors (Lipinski definition) is 3. The van der Waals surface area contributed by atoms with Crippen LogP contribution in [0.25, 0.3) is 11.0 Å². The van der Waals surface area contributed by atoms with Crippen LogP contribution in [-0.4, -0.2) is 34.1 Å². The van der Waals surface area contributed by atoms with Crippen LogP contribution < -0.4 is 10.4 Å². The second-order valence-electron chi connectivity index (χ2n) is 7.59. The lowest BCUT2D eigenvalue weighted by Gasteiger charge is -2.14. The minimum absolute atomic E-state index is 0.0620. The van der Waals surface area contributed by atoms with Crippen LogP contribution in [0, 0.1) is 17.0 Å². The van der Waals surface area contributed by atoms with Crippen LogP contribution in [0.2, 0.25) is 0 Å². The van der Waals surface area contributed by atoms with Crippen molar-refractivity contribution < 1.29 is 18.4 Å². The molecule has 35 heavy (non-hydrogen) atoms. The number of rotatable bonds is 7. The number of benzene rings is 3. The first-order valence-electron chi connectivity index (χ1n) is 10.2. The number of nitro benzene ring substituents is 1. The zero-order valence-corrected chi connectivity index (χ0v) is 19.1. The molecule has 178 valence electrons. The Bertz CT molecular complexity index is 1600. The van der Waals surface area contributed by atoms with Gasteiger partial charge in [0.25, 0.3) is 21.3 Å². The topological polar surface area (TPSA) is 168 Å². The van der Waals surface area contributed by atoms with E-state index in [-0.39, 0.29) is 33.0 Å². The summed E-state index contributed by atoms with van der Waals surface area (Å²) in [5, 5.41) is 25.9. The summed E-state index contributed by atoms with van der Waals surface area (Å²) in [5.74, 6) is 0. The van der Waals surface area contributed by atoms with E-state index in [1.807, 2.05) is 6.92 Å². The van der Waals surface area contributed by atoms with Gasteiger partial charge in [-0.15, -0.1) is 0 Å². The number of aryl methyl sites for hydroxylation is 1. The Balaban J connectivity index is 1.83. The molecule has 0 unspecified atom stereocenters. The summed E-state index contributed by atoms with van der Waals surface area (Å²) in [6.07, 6.45) is -1.51. The fourth-order valence-corrected chi connectivity index (χ4v) is 4.10. The van der Waals surface area contributed by atoms with Crippen molar-refractivity contribution in [3.8, 4) is 0 Å². The SMILES string of the molecule is Cc1ccc(S(=O)(=O)N/N=C(\c2nc3ccc([N+](=O)[O-])cc3[nH]c2=O)[C@H](O)c2ccccc2)cc1. The molecule has 0 saturated heterocycles. The minimum atomic E-state index is -4.13. The van der Waals surface area contributed by atoms with Gasteiger partial charge in [0.2, 0.25) is 0 Å². The second-order valence-corrected chi connectivity index (χ2v) is 9.25. The summed E-state index contributed by atoms with van der Waals surface area (Å²) in [4.78, 5) is 32.0. The van der Waals surface area contributed by atoms with E-state index < -0.39 is 26.6 Å². The van der Waals surface area contributed by atoms with E-state index in [9.17, 15) is 28.4 Å². The number of hydrogen-bond acceptors (Lipinski definition) is 8. The van der Waals surface area contributed by atoms with Gasteiger partial charge in [0, 0.05) is 12.1 Å². The number of aliphatic hydroxyl groups excluding tert-OH is 1. The number of aliphatic hydroxyl groups is 1. The summed E-state index contributed by atoms with van der Waals surface area (Å²) >= 11 is 0. The molecule has 3 aromatic carbocycles. The molecule has 1 atom stereocenters. The smallest absolute Gasteiger partial charge is 0.276 e. The van der Waals surface area contributed by atoms with E-state index in [1.54, 1.807) is 42.5 Å². The largest absolute Gasteiger partial charge is 0.382 e. The summed E-state index contributed by atoms with van der Waals surface area (Å²) in [7, 11) is -4.13. The lowest BCUT2D eigenvalue weighted by atomic mass is 10.0. The molecule has 4 aromatic rings. The molecule has 0 bridgehead atoms. The number of hydrazone groups is 1. The van der Waals surface area contributed by atoms with Gasteiger partial charge in [0.05, 0.1) is 20.9 Å². The highest BCUT2D eigenvalue weighted by Crippen LogP contribution is 2.20. The van der Waals surface area contributed by atoms with E-state index in [0.717, 1.165) is 11.6 Å². The molecule has 1 aromatic heterocycles. The van der Waals surface area contributed by atoms with Crippen LogP contribution >= 0.6 is 0 Å². The molecule has 0 amide bonds. The van der Waals surface area contributed by atoms with Gasteiger partial charge in [0.15, 0.2) is 5.69 Å². The van der Waals surface area contributed by atoms with Crippen molar-refractivity contribution in [2.75, 3.05) is 0 Å². The third-order valence-electron chi connectivity index (χ3n) is 5.12. The van der Waals surface area contributed by atoms with Crippen LogP contribution in [-0.2, 0) is 10.0 Å². The van der Waals surface area contributed by atoms with Crippen LogP contribution in [0.15, 0.2) is 87.6 Å². The summed E-state index contributed by atoms with van der Waals surface area (Å²) in [6, 6.07) is 17.9. The van der Waals surface area contributed by atoms with Crippen LogP contribution in [0.3, 0.4) is 0 Å². The van der Waals surface area contributed by atoms with Crippen molar-refractivity contribution in [1.82, 2.24) is 14.8 Å². The van der Waals surface area contributed by atoms with E-state index in [4.69, 9.17) is 0 Å². The number of non-ortho nitro benzene ring substituents is 1. The van der Waals surface area contributed by atoms with Gasteiger partial charge < -0.3 is 10.1 Å². The predicted molar refractivity (Wildman–Crippen MR) is 128 cm³/mol. The fraction of sp³-hybridized carbons (Fsp3) is 0.0870. The average Bonchev–Trinajstić information content (AvgIpc) is 2.84. The summed E-state index contributed by atoms with van der Waals surface area (Å²) in [5.41, 5.74) is -0.289. The number of nitrogens with one attached hydrogen (secondary N) is 2. The second kappa shape index (κ2) is 9.44. The molecule has 0 fully saturated rings. The van der Waals surface area contributed by atoms with Gasteiger partial charge in [-0.3, -0.25) is 14.9 Å². The van der Waals surface area contributed by atoms with E-state index >= 15 is 0 Å². The van der Waals surface area contributed by atoms with E-state index in [0.29, 0.717) is 5.56 Å². The van der Waals surface area contributed by atoms with Gasteiger partial charge >= 0.3 is 0 Å². The molecular formula is C23H19N5O6S. The molecule has 0 aliphatic heterocycles. The number of aromatic amines is 1. The molecule has 11 nitrogen and oxygen atoms in total. The normalized spacial score (nSPS) is 12.9. The monoisotopic (exact) mass is 493 g/mol. The Labute approximate surface area is 199 Å². The number of H-pyrrole nitrogens is 1. The van der Waals surface area contributed by atoms with Gasteiger partial charge in [0.1, 0.15) is 11.8 Å². The third kappa shape index (κ3) is 5.08. The molecule has 0 saturated carbocycles. The molecule has 0 radical (unpaired) electrons. The molecule has 12 heteroatoms. The van der Waals surface area contributed by atoms with Crippen LogP contribution in [0.1, 0.15) is 22.9 Å². The van der Waals surface area contributed by atoms with Crippen LogP contribution in [0.5, 0.6) is 0 Å². The van der Waals surface area contributed by atoms with Crippen molar-refractivity contribution in [3.05, 3.63) is 110 Å². The van der Waals surface area contributed by atoms with Crippen molar-refractivity contribution in [2.45, 2.75) is 17.9 Å². The number of nitrogens with zero attached hydrogens (tertiary/aromatic N) is 3. The molecule has 3 N–H and O–H groups in total. The number of aromatic nitrogens is 2. The van der Waals surface area contributed by atoms with E-state index in [2.05, 4.69) is 19.9 Å². The number of fused-ring (bicyclic) bond motifs is 1. The maximum Gasteiger partial charge on any atom is 0.276 e. The Morgan fingerprint density at radius 1 is 1.11 bits per heavy atom. The predicted octanol–water partition coefficient (Wildman–Crippen LogP) is 2.56. The first kappa shape index (κ1) is 23.7. The Morgan fingerprint density at radius 2 is 1.80 bits per heavy atom. The summed E-state index contributed by atoms with van der Waals surface area (Å²) in [6.45, 7) is 1.81. The summed E-state index contributed by atoms with van der Waals surface area (Å²) < 4.78 is 25.5. The first-order chi connectivity index (χ1) is 16.7. The van der Waals surface area contributed by atoms with Gasteiger partial charge in [-0.25, -0.2) is 4.98 Å².